The molecule has 0 aromatic heterocycles. The molecule has 0 amide bonds. The molecule has 1 fully saturated rings. The van der Waals surface area contributed by atoms with Crippen LogP contribution in [0.1, 0.15) is 44.6 Å². The molecular formula is C14H20. The van der Waals surface area contributed by atoms with E-state index in [1.54, 1.807) is 5.56 Å². The first kappa shape index (κ1) is 9.76. The van der Waals surface area contributed by atoms with E-state index >= 15 is 0 Å². The number of rotatable bonds is 1. The van der Waals surface area contributed by atoms with E-state index < -0.39 is 0 Å². The molecule has 1 saturated carbocycles. The van der Waals surface area contributed by atoms with E-state index in [0.717, 1.165) is 17.8 Å². The van der Waals surface area contributed by atoms with Crippen LogP contribution in [0.4, 0.5) is 0 Å². The summed E-state index contributed by atoms with van der Waals surface area (Å²) in [5.41, 5.74) is 1.55. The third-order valence-corrected chi connectivity index (χ3v) is 3.73. The minimum atomic E-state index is 0.796. The molecule has 0 heteroatoms. The Balaban J connectivity index is 2.23. The van der Waals surface area contributed by atoms with Crippen LogP contribution in [0.25, 0.3) is 0 Å². The van der Waals surface area contributed by atoms with E-state index in [0.29, 0.717) is 0 Å². The summed E-state index contributed by atoms with van der Waals surface area (Å²) in [6.07, 6.45) is 4.24. The van der Waals surface area contributed by atoms with Crippen molar-refractivity contribution < 1.29 is 0 Å². The van der Waals surface area contributed by atoms with Crippen LogP contribution in [0.3, 0.4) is 0 Å². The van der Waals surface area contributed by atoms with E-state index in [1.165, 1.54) is 19.3 Å². The molecule has 0 aliphatic heterocycles. The molecule has 14 heavy (non-hydrogen) atoms. The molecule has 0 radical (unpaired) electrons. The molecule has 2 rings (SSSR count). The molecule has 1 aliphatic carbocycles. The molecule has 1 aromatic carbocycles. The second kappa shape index (κ2) is 4.16. The van der Waals surface area contributed by atoms with E-state index in [4.69, 9.17) is 0 Å². The van der Waals surface area contributed by atoms with Gasteiger partial charge in [0.15, 0.2) is 0 Å². The SMILES string of the molecule is CC1CCCC(C)C1c1ccccc1. The molecule has 0 heterocycles. The van der Waals surface area contributed by atoms with Crippen LogP contribution in [0.2, 0.25) is 0 Å². The zero-order valence-electron chi connectivity index (χ0n) is 9.24. The van der Waals surface area contributed by atoms with Gasteiger partial charge in [0, 0.05) is 0 Å². The summed E-state index contributed by atoms with van der Waals surface area (Å²) < 4.78 is 0. The second-order valence-electron chi connectivity index (χ2n) is 4.82. The van der Waals surface area contributed by atoms with Crippen molar-refractivity contribution in [3.05, 3.63) is 35.9 Å². The van der Waals surface area contributed by atoms with Crippen LogP contribution in [-0.2, 0) is 0 Å². The van der Waals surface area contributed by atoms with Crippen LogP contribution < -0.4 is 0 Å². The average Bonchev–Trinajstić information content (AvgIpc) is 2.19. The summed E-state index contributed by atoms with van der Waals surface area (Å²) in [5, 5.41) is 0. The van der Waals surface area contributed by atoms with Gasteiger partial charge in [-0.05, 0) is 23.3 Å². The van der Waals surface area contributed by atoms with Gasteiger partial charge in [-0.2, -0.15) is 0 Å². The Morgan fingerprint density at radius 1 is 0.929 bits per heavy atom. The summed E-state index contributed by atoms with van der Waals surface area (Å²) in [4.78, 5) is 0. The molecule has 0 bridgehead atoms. The number of benzene rings is 1. The molecule has 0 spiro atoms. The summed E-state index contributed by atoms with van der Waals surface area (Å²) in [6, 6.07) is 11.0. The van der Waals surface area contributed by atoms with Crippen molar-refractivity contribution in [1.82, 2.24) is 0 Å². The van der Waals surface area contributed by atoms with E-state index in [-0.39, 0.29) is 0 Å². The third-order valence-electron chi connectivity index (χ3n) is 3.73. The highest BCUT2D eigenvalue weighted by molar-refractivity contribution is 5.21. The maximum absolute atomic E-state index is 2.41. The highest BCUT2D eigenvalue weighted by Crippen LogP contribution is 2.41. The van der Waals surface area contributed by atoms with Gasteiger partial charge in [0.1, 0.15) is 0 Å². The Bertz CT molecular complexity index is 265. The van der Waals surface area contributed by atoms with E-state index in [1.807, 2.05) is 0 Å². The summed E-state index contributed by atoms with van der Waals surface area (Å²) >= 11 is 0. The molecule has 76 valence electrons. The first-order valence-corrected chi connectivity index (χ1v) is 5.84. The van der Waals surface area contributed by atoms with Gasteiger partial charge in [-0.1, -0.05) is 63.4 Å². The van der Waals surface area contributed by atoms with E-state index in [2.05, 4.69) is 44.2 Å². The molecule has 1 aromatic rings. The number of hydrogen-bond acceptors (Lipinski definition) is 0. The predicted molar refractivity (Wildman–Crippen MR) is 61.4 cm³/mol. The average molecular weight is 188 g/mol. The topological polar surface area (TPSA) is 0 Å². The Kier molecular flexibility index (Phi) is 2.90. The fraction of sp³-hybridized carbons (Fsp3) is 0.571. The van der Waals surface area contributed by atoms with Gasteiger partial charge in [-0.15, -0.1) is 0 Å². The lowest BCUT2D eigenvalue weighted by Crippen LogP contribution is -2.22. The lowest BCUT2D eigenvalue weighted by molar-refractivity contribution is 0.249. The van der Waals surface area contributed by atoms with Crippen molar-refractivity contribution in [2.45, 2.75) is 39.0 Å². The molecule has 2 unspecified atom stereocenters. The maximum Gasteiger partial charge on any atom is -0.0111 e. The highest BCUT2D eigenvalue weighted by atomic mass is 14.3. The molecule has 0 nitrogen and oxygen atoms in total. The lowest BCUT2D eigenvalue weighted by Gasteiger charge is -2.35. The largest absolute Gasteiger partial charge is 0.0622 e. The van der Waals surface area contributed by atoms with E-state index in [9.17, 15) is 0 Å². The van der Waals surface area contributed by atoms with Crippen LogP contribution in [0, 0.1) is 11.8 Å². The Labute approximate surface area is 87.3 Å². The zero-order valence-corrected chi connectivity index (χ0v) is 9.24. The summed E-state index contributed by atoms with van der Waals surface area (Å²) in [5.74, 6) is 2.52. The molecule has 0 saturated heterocycles. The lowest BCUT2D eigenvalue weighted by atomic mass is 9.70. The second-order valence-corrected chi connectivity index (χ2v) is 4.82. The van der Waals surface area contributed by atoms with Gasteiger partial charge in [0.25, 0.3) is 0 Å². The monoisotopic (exact) mass is 188 g/mol. The van der Waals surface area contributed by atoms with Crippen molar-refractivity contribution in [3.8, 4) is 0 Å². The first-order chi connectivity index (χ1) is 6.79. The molecule has 0 N–H and O–H groups in total. The smallest absolute Gasteiger partial charge is 0.0111 e. The Hall–Kier alpha value is -0.780. The predicted octanol–water partition coefficient (Wildman–Crippen LogP) is 4.23. The Morgan fingerprint density at radius 3 is 2.07 bits per heavy atom. The third kappa shape index (κ3) is 1.84. The zero-order chi connectivity index (χ0) is 9.97. The van der Waals surface area contributed by atoms with Crippen LogP contribution in [-0.4, -0.2) is 0 Å². The fourth-order valence-corrected chi connectivity index (χ4v) is 3.01. The highest BCUT2D eigenvalue weighted by Gasteiger charge is 2.28. The van der Waals surface area contributed by atoms with Gasteiger partial charge < -0.3 is 0 Å². The molecule has 2 atom stereocenters. The molecular weight excluding hydrogens is 168 g/mol. The van der Waals surface area contributed by atoms with Crippen LogP contribution in [0.5, 0.6) is 0 Å². The van der Waals surface area contributed by atoms with Gasteiger partial charge in [-0.25, -0.2) is 0 Å². The summed E-state index contributed by atoms with van der Waals surface area (Å²) in [7, 11) is 0. The van der Waals surface area contributed by atoms with Crippen molar-refractivity contribution >= 4 is 0 Å². The van der Waals surface area contributed by atoms with Gasteiger partial charge in [-0.3, -0.25) is 0 Å². The Morgan fingerprint density at radius 2 is 1.50 bits per heavy atom. The normalized spacial score (nSPS) is 32.9. The van der Waals surface area contributed by atoms with Crippen molar-refractivity contribution in [2.75, 3.05) is 0 Å². The van der Waals surface area contributed by atoms with Crippen LogP contribution >= 0.6 is 0 Å². The quantitative estimate of drug-likeness (QED) is 0.619. The van der Waals surface area contributed by atoms with Gasteiger partial charge in [0.05, 0.1) is 0 Å². The molecule has 1 aliphatic rings. The van der Waals surface area contributed by atoms with Gasteiger partial charge in [0.2, 0.25) is 0 Å². The minimum Gasteiger partial charge on any atom is -0.0622 e. The van der Waals surface area contributed by atoms with Crippen LogP contribution in [0.15, 0.2) is 30.3 Å². The minimum absolute atomic E-state index is 0.796. The fourth-order valence-electron chi connectivity index (χ4n) is 3.01. The van der Waals surface area contributed by atoms with Crippen molar-refractivity contribution in [2.24, 2.45) is 11.8 Å². The number of hydrogen-bond donors (Lipinski definition) is 0. The van der Waals surface area contributed by atoms with Crippen molar-refractivity contribution in [1.29, 1.82) is 0 Å². The van der Waals surface area contributed by atoms with Gasteiger partial charge >= 0.3 is 0 Å². The first-order valence-electron chi connectivity index (χ1n) is 5.84. The van der Waals surface area contributed by atoms with Crippen molar-refractivity contribution in [3.63, 3.8) is 0 Å². The maximum atomic E-state index is 2.41. The standard InChI is InChI=1S/C14H20/c1-11-7-6-8-12(2)14(11)13-9-4-3-5-10-13/h3-5,9-12,14H,6-8H2,1-2H3. The summed E-state index contributed by atoms with van der Waals surface area (Å²) in [6.45, 7) is 4.82.